The second kappa shape index (κ2) is 8.66. The van der Waals surface area contributed by atoms with Gasteiger partial charge in [0.1, 0.15) is 0 Å². The van der Waals surface area contributed by atoms with Crippen LogP contribution in [0.2, 0.25) is 10.0 Å². The van der Waals surface area contributed by atoms with Crippen molar-refractivity contribution in [2.24, 2.45) is 0 Å². The molecular formula is C17H17Cl2N3O2. The second-order valence-corrected chi connectivity index (χ2v) is 5.83. The zero-order valence-corrected chi connectivity index (χ0v) is 14.6. The molecule has 0 unspecified atom stereocenters. The normalized spacial score (nSPS) is 10.3. The number of nitrogens with one attached hydrogen (secondary N) is 1. The van der Waals surface area contributed by atoms with Crippen molar-refractivity contribution in [1.29, 1.82) is 0 Å². The molecule has 5 nitrogen and oxygen atoms in total. The molecule has 0 bridgehead atoms. The van der Waals surface area contributed by atoms with E-state index >= 15 is 0 Å². The lowest BCUT2D eigenvalue weighted by Gasteiger charge is -2.20. The highest BCUT2D eigenvalue weighted by atomic mass is 35.5. The lowest BCUT2D eigenvalue weighted by Crippen LogP contribution is -2.40. The number of rotatable bonds is 5. The third-order valence-corrected chi connectivity index (χ3v) is 4.30. The molecule has 126 valence electrons. The first kappa shape index (κ1) is 18.2. The van der Waals surface area contributed by atoms with E-state index in [9.17, 15) is 9.59 Å². The number of nitrogens with zero attached hydrogens (tertiary/aromatic N) is 2. The lowest BCUT2D eigenvalue weighted by atomic mass is 10.2. The minimum absolute atomic E-state index is 0.208. The summed E-state index contributed by atoms with van der Waals surface area (Å²) in [5, 5.41) is 3.03. The van der Waals surface area contributed by atoms with E-state index in [1.165, 1.54) is 4.90 Å². The van der Waals surface area contributed by atoms with Crippen LogP contribution >= 0.6 is 23.2 Å². The average molecular weight is 366 g/mol. The van der Waals surface area contributed by atoms with Gasteiger partial charge in [-0.25, -0.2) is 0 Å². The molecule has 0 spiro atoms. The predicted octanol–water partition coefficient (Wildman–Crippen LogP) is 3.42. The van der Waals surface area contributed by atoms with Gasteiger partial charge in [0.25, 0.3) is 0 Å². The highest BCUT2D eigenvalue weighted by Crippen LogP contribution is 2.29. The molecule has 1 aromatic heterocycles. The van der Waals surface area contributed by atoms with Gasteiger partial charge in [-0.2, -0.15) is 0 Å². The number of carbonyl (C=O) groups is 2. The summed E-state index contributed by atoms with van der Waals surface area (Å²) in [4.78, 5) is 29.9. The topological polar surface area (TPSA) is 62.3 Å². The Labute approximate surface area is 150 Å². The van der Waals surface area contributed by atoms with Crippen LogP contribution in [0.4, 0.5) is 5.69 Å². The Kier molecular flexibility index (Phi) is 6.58. The molecule has 2 rings (SSSR count). The van der Waals surface area contributed by atoms with Gasteiger partial charge in [0, 0.05) is 25.5 Å². The van der Waals surface area contributed by atoms with Gasteiger partial charge < -0.3 is 10.2 Å². The molecule has 7 heteroatoms. The fraction of sp³-hybridized carbons (Fsp3) is 0.235. The predicted molar refractivity (Wildman–Crippen MR) is 95.3 cm³/mol. The maximum Gasteiger partial charge on any atom is 0.313 e. The molecule has 1 aromatic carbocycles. The van der Waals surface area contributed by atoms with Gasteiger partial charge in [-0.1, -0.05) is 29.3 Å². The van der Waals surface area contributed by atoms with Gasteiger partial charge in [-0.3, -0.25) is 14.6 Å². The number of aromatic nitrogens is 1. The second-order valence-electron chi connectivity index (χ2n) is 5.05. The molecule has 2 aromatic rings. The van der Waals surface area contributed by atoms with Crippen molar-refractivity contribution in [3.8, 4) is 0 Å². The fourth-order valence-electron chi connectivity index (χ4n) is 2.14. The van der Waals surface area contributed by atoms with Crippen molar-refractivity contribution in [3.63, 3.8) is 0 Å². The summed E-state index contributed by atoms with van der Waals surface area (Å²) in [5.74, 6) is -1.35. The zero-order chi connectivity index (χ0) is 17.5. The summed E-state index contributed by atoms with van der Waals surface area (Å²) in [5.41, 5.74) is 1.36. The van der Waals surface area contributed by atoms with Crippen molar-refractivity contribution in [1.82, 2.24) is 9.88 Å². The molecule has 0 atom stereocenters. The number of anilines is 1. The minimum atomic E-state index is -0.740. The van der Waals surface area contributed by atoms with Crippen LogP contribution in [0.3, 0.4) is 0 Å². The number of carbonyl (C=O) groups excluding carboxylic acids is 2. The van der Waals surface area contributed by atoms with Gasteiger partial charge >= 0.3 is 11.8 Å². The zero-order valence-electron chi connectivity index (χ0n) is 13.1. The Morgan fingerprint density at radius 3 is 2.54 bits per heavy atom. The summed E-state index contributed by atoms with van der Waals surface area (Å²) >= 11 is 11.9. The van der Waals surface area contributed by atoms with Gasteiger partial charge in [-0.15, -0.1) is 0 Å². The van der Waals surface area contributed by atoms with E-state index in [0.29, 0.717) is 30.2 Å². The third-order valence-electron chi connectivity index (χ3n) is 3.48. The summed E-state index contributed by atoms with van der Waals surface area (Å²) < 4.78 is 0. The van der Waals surface area contributed by atoms with Crippen LogP contribution in [0.1, 0.15) is 12.5 Å². The van der Waals surface area contributed by atoms with E-state index in [0.717, 1.165) is 5.56 Å². The van der Waals surface area contributed by atoms with Crippen molar-refractivity contribution in [2.45, 2.75) is 13.3 Å². The summed E-state index contributed by atoms with van der Waals surface area (Å²) in [6.07, 6.45) is 4.04. The molecule has 1 heterocycles. The number of amides is 2. The Balaban J connectivity index is 1.99. The van der Waals surface area contributed by atoms with Gasteiger partial charge in [0.2, 0.25) is 0 Å². The highest BCUT2D eigenvalue weighted by Gasteiger charge is 2.21. The van der Waals surface area contributed by atoms with Crippen molar-refractivity contribution in [3.05, 3.63) is 58.3 Å². The lowest BCUT2D eigenvalue weighted by molar-refractivity contribution is -0.143. The van der Waals surface area contributed by atoms with E-state index in [2.05, 4.69) is 10.3 Å². The number of pyridine rings is 1. The quantitative estimate of drug-likeness (QED) is 0.825. The third kappa shape index (κ3) is 4.69. The van der Waals surface area contributed by atoms with E-state index in [4.69, 9.17) is 23.2 Å². The van der Waals surface area contributed by atoms with Crippen molar-refractivity contribution < 1.29 is 9.59 Å². The largest absolute Gasteiger partial charge is 0.334 e. The molecule has 0 saturated heterocycles. The molecule has 24 heavy (non-hydrogen) atoms. The standard InChI is InChI=1S/C17H17Cl2N3O2/c1-2-22(11-8-12-6-9-20-10-7-12)17(24)16(23)21-14-5-3-4-13(18)15(14)19/h3-7,9-10H,2,8,11H2,1H3,(H,21,23). The first-order chi connectivity index (χ1) is 11.5. The number of benzene rings is 1. The van der Waals surface area contributed by atoms with E-state index in [1.54, 1.807) is 30.6 Å². The number of hydrogen-bond acceptors (Lipinski definition) is 3. The number of hydrogen-bond donors (Lipinski definition) is 1. The van der Waals surface area contributed by atoms with Gasteiger partial charge in [0.05, 0.1) is 15.7 Å². The Hall–Kier alpha value is -2.11. The molecule has 2 amide bonds. The van der Waals surface area contributed by atoms with Crippen LogP contribution in [0.15, 0.2) is 42.7 Å². The summed E-state index contributed by atoms with van der Waals surface area (Å²) in [6.45, 7) is 2.70. The number of halogens is 2. The van der Waals surface area contributed by atoms with Gasteiger partial charge in [-0.05, 0) is 43.2 Å². The minimum Gasteiger partial charge on any atom is -0.334 e. The Morgan fingerprint density at radius 2 is 1.88 bits per heavy atom. The molecule has 0 aliphatic rings. The maximum atomic E-state index is 12.3. The Bertz CT molecular complexity index is 723. The van der Waals surface area contributed by atoms with Crippen LogP contribution in [-0.4, -0.2) is 34.8 Å². The first-order valence-corrected chi connectivity index (χ1v) is 8.21. The molecule has 0 aliphatic carbocycles. The smallest absolute Gasteiger partial charge is 0.313 e. The SMILES string of the molecule is CCN(CCc1ccncc1)C(=O)C(=O)Nc1cccc(Cl)c1Cl. The van der Waals surface area contributed by atoms with E-state index in [1.807, 2.05) is 19.1 Å². The molecule has 0 radical (unpaired) electrons. The summed E-state index contributed by atoms with van der Waals surface area (Å²) in [6, 6.07) is 8.60. The van der Waals surface area contributed by atoms with Crippen molar-refractivity contribution in [2.75, 3.05) is 18.4 Å². The maximum absolute atomic E-state index is 12.3. The van der Waals surface area contributed by atoms with Crippen molar-refractivity contribution >= 4 is 40.7 Å². The van der Waals surface area contributed by atoms with E-state index < -0.39 is 11.8 Å². The van der Waals surface area contributed by atoms with E-state index in [-0.39, 0.29) is 5.02 Å². The molecule has 1 N–H and O–H groups in total. The van der Waals surface area contributed by atoms with Crippen LogP contribution in [0.25, 0.3) is 0 Å². The monoisotopic (exact) mass is 365 g/mol. The molecular weight excluding hydrogens is 349 g/mol. The molecule has 0 saturated carbocycles. The van der Waals surface area contributed by atoms with Gasteiger partial charge in [0.15, 0.2) is 0 Å². The fourth-order valence-corrected chi connectivity index (χ4v) is 2.48. The number of likely N-dealkylation sites (N-methyl/N-ethyl adjacent to an activating group) is 1. The van der Waals surface area contributed by atoms with Crippen LogP contribution in [0, 0.1) is 0 Å². The molecule has 0 aliphatic heterocycles. The van der Waals surface area contributed by atoms with Crippen LogP contribution in [0.5, 0.6) is 0 Å². The molecule has 0 fully saturated rings. The first-order valence-electron chi connectivity index (χ1n) is 7.46. The Morgan fingerprint density at radius 1 is 1.17 bits per heavy atom. The van der Waals surface area contributed by atoms with Crippen LogP contribution < -0.4 is 5.32 Å². The summed E-state index contributed by atoms with van der Waals surface area (Å²) in [7, 11) is 0. The highest BCUT2D eigenvalue weighted by molar-refractivity contribution is 6.45. The average Bonchev–Trinajstić information content (AvgIpc) is 2.60. The van der Waals surface area contributed by atoms with Crippen LogP contribution in [-0.2, 0) is 16.0 Å².